The third-order valence-corrected chi connectivity index (χ3v) is 4.36. The lowest BCUT2D eigenvalue weighted by atomic mass is 10.1. The molecule has 1 heterocycles. The Morgan fingerprint density at radius 3 is 2.54 bits per heavy atom. The Bertz CT molecular complexity index is 798. The highest BCUT2D eigenvalue weighted by Gasteiger charge is 2.35. The lowest BCUT2D eigenvalue weighted by Gasteiger charge is -2.13. The van der Waals surface area contributed by atoms with Gasteiger partial charge in [0.15, 0.2) is 0 Å². The summed E-state index contributed by atoms with van der Waals surface area (Å²) in [6.07, 6.45) is -4.59. The Kier molecular flexibility index (Phi) is 5.40. The summed E-state index contributed by atoms with van der Waals surface area (Å²) < 4.78 is 44.6. The number of methoxy groups -OCH3 is 1. The molecule has 0 amide bonds. The number of benzene rings is 1. The first kappa shape index (κ1) is 18.1. The number of alkyl halides is 3. The Morgan fingerprint density at radius 2 is 1.96 bits per heavy atom. The van der Waals surface area contributed by atoms with Crippen molar-refractivity contribution in [2.75, 3.05) is 7.11 Å². The van der Waals surface area contributed by atoms with Crippen molar-refractivity contribution in [2.24, 2.45) is 0 Å². The minimum absolute atomic E-state index is 0.0772. The Labute approximate surface area is 142 Å². The van der Waals surface area contributed by atoms with Crippen LogP contribution in [-0.4, -0.2) is 12.1 Å². The zero-order valence-electron chi connectivity index (χ0n) is 13.4. The van der Waals surface area contributed by atoms with Crippen LogP contribution in [0.1, 0.15) is 27.9 Å². The number of ether oxygens (including phenoxy) is 1. The highest BCUT2D eigenvalue weighted by molar-refractivity contribution is 7.98. The molecule has 7 heteroatoms. The van der Waals surface area contributed by atoms with Gasteiger partial charge in [0, 0.05) is 17.0 Å². The number of aromatic nitrogens is 1. The molecule has 2 aromatic rings. The van der Waals surface area contributed by atoms with E-state index >= 15 is 0 Å². The summed E-state index contributed by atoms with van der Waals surface area (Å²) in [5, 5.41) is 9.24. The number of thioether (sulfide) groups is 1. The maximum absolute atomic E-state index is 13.1. The van der Waals surface area contributed by atoms with E-state index in [0.29, 0.717) is 11.5 Å². The topological polar surface area (TPSA) is 45.9 Å². The molecule has 0 saturated heterocycles. The van der Waals surface area contributed by atoms with Gasteiger partial charge in [-0.2, -0.15) is 18.4 Å². The fourth-order valence-corrected chi connectivity index (χ4v) is 3.27. The molecule has 0 fully saturated rings. The molecular weight excluding hydrogens is 337 g/mol. The van der Waals surface area contributed by atoms with Crippen molar-refractivity contribution in [2.45, 2.75) is 30.8 Å². The lowest BCUT2D eigenvalue weighted by molar-refractivity contribution is -0.138. The van der Waals surface area contributed by atoms with Gasteiger partial charge >= 0.3 is 6.18 Å². The Morgan fingerprint density at radius 1 is 1.25 bits per heavy atom. The maximum atomic E-state index is 13.1. The van der Waals surface area contributed by atoms with Gasteiger partial charge in [0.05, 0.1) is 18.2 Å². The van der Waals surface area contributed by atoms with Gasteiger partial charge in [-0.1, -0.05) is 17.7 Å². The number of aryl methyl sites for hydroxylation is 2. The van der Waals surface area contributed by atoms with Crippen LogP contribution in [-0.2, 0) is 11.9 Å². The van der Waals surface area contributed by atoms with Crippen LogP contribution in [0.4, 0.5) is 13.2 Å². The van der Waals surface area contributed by atoms with E-state index in [1.807, 2.05) is 19.1 Å². The Hall–Kier alpha value is -2.20. The van der Waals surface area contributed by atoms with E-state index in [4.69, 9.17) is 10.00 Å². The van der Waals surface area contributed by atoms with Gasteiger partial charge in [-0.15, -0.1) is 11.8 Å². The number of hydrogen-bond acceptors (Lipinski definition) is 4. The number of rotatable bonds is 4. The van der Waals surface area contributed by atoms with E-state index in [2.05, 4.69) is 4.98 Å². The molecule has 0 unspecified atom stereocenters. The van der Waals surface area contributed by atoms with E-state index in [1.54, 1.807) is 12.1 Å². The summed E-state index contributed by atoms with van der Waals surface area (Å²) in [7, 11) is 1.53. The zero-order chi connectivity index (χ0) is 17.9. The smallest absolute Gasteiger partial charge is 0.417 e. The molecule has 0 aliphatic heterocycles. The van der Waals surface area contributed by atoms with E-state index < -0.39 is 17.3 Å². The van der Waals surface area contributed by atoms with Crippen molar-refractivity contribution >= 4 is 11.8 Å². The third kappa shape index (κ3) is 4.01. The second-order valence-electron chi connectivity index (χ2n) is 5.20. The van der Waals surface area contributed by atoms with Gasteiger partial charge in [-0.05, 0) is 26.0 Å². The van der Waals surface area contributed by atoms with Crippen molar-refractivity contribution in [3.05, 3.63) is 52.2 Å². The lowest BCUT2D eigenvalue weighted by Crippen LogP contribution is -2.10. The summed E-state index contributed by atoms with van der Waals surface area (Å²) in [5.41, 5.74) is 0.685. The second-order valence-corrected chi connectivity index (χ2v) is 6.17. The first-order valence-corrected chi connectivity index (χ1v) is 8.00. The summed E-state index contributed by atoms with van der Waals surface area (Å²) in [6, 6.07) is 8.14. The van der Waals surface area contributed by atoms with E-state index in [9.17, 15) is 13.2 Å². The average molecular weight is 352 g/mol. The van der Waals surface area contributed by atoms with Crippen LogP contribution in [0.3, 0.4) is 0 Å². The molecule has 0 aliphatic carbocycles. The average Bonchev–Trinajstić information content (AvgIpc) is 2.51. The van der Waals surface area contributed by atoms with E-state index in [1.165, 1.54) is 14.0 Å². The van der Waals surface area contributed by atoms with Crippen molar-refractivity contribution < 1.29 is 17.9 Å². The van der Waals surface area contributed by atoms with Gasteiger partial charge in [0.25, 0.3) is 0 Å². The van der Waals surface area contributed by atoms with Crippen LogP contribution >= 0.6 is 11.8 Å². The maximum Gasteiger partial charge on any atom is 0.417 e. The van der Waals surface area contributed by atoms with E-state index in [0.717, 1.165) is 29.0 Å². The van der Waals surface area contributed by atoms with Gasteiger partial charge in [-0.25, -0.2) is 4.98 Å². The molecule has 3 nitrogen and oxygen atoms in total. The molecular formula is C17H15F3N2OS. The number of nitriles is 1. The van der Waals surface area contributed by atoms with Crippen molar-refractivity contribution in [3.8, 4) is 11.8 Å². The Balaban J connectivity index is 2.39. The summed E-state index contributed by atoms with van der Waals surface area (Å²) >= 11 is 1.09. The molecule has 24 heavy (non-hydrogen) atoms. The van der Waals surface area contributed by atoms with E-state index in [-0.39, 0.29) is 10.7 Å². The predicted octanol–water partition coefficient (Wildman–Crippen LogP) is 4.89. The minimum atomic E-state index is -4.59. The minimum Gasteiger partial charge on any atom is -0.496 e. The van der Waals surface area contributed by atoms with Crippen molar-refractivity contribution in [1.82, 2.24) is 4.98 Å². The molecule has 126 valence electrons. The van der Waals surface area contributed by atoms with Gasteiger partial charge in [0.2, 0.25) is 0 Å². The number of pyridine rings is 1. The quantitative estimate of drug-likeness (QED) is 0.735. The summed E-state index contributed by atoms with van der Waals surface area (Å²) in [6.45, 7) is 3.40. The number of halogens is 3. The number of nitrogens with zero attached hydrogens (tertiary/aromatic N) is 2. The van der Waals surface area contributed by atoms with Crippen LogP contribution in [0.15, 0.2) is 29.3 Å². The fraction of sp³-hybridized carbons (Fsp3) is 0.294. The monoisotopic (exact) mass is 352 g/mol. The molecule has 0 aliphatic rings. The molecule has 0 atom stereocenters. The van der Waals surface area contributed by atoms with Gasteiger partial charge in [-0.3, -0.25) is 0 Å². The van der Waals surface area contributed by atoms with Gasteiger partial charge in [0.1, 0.15) is 16.8 Å². The molecule has 0 spiro atoms. The SMILES string of the molecule is COc1ccc(C)cc1CSc1nc(C)cc(C(F)(F)F)c1C#N. The molecule has 0 bridgehead atoms. The highest BCUT2D eigenvalue weighted by Crippen LogP contribution is 2.37. The summed E-state index contributed by atoms with van der Waals surface area (Å²) in [4.78, 5) is 4.11. The largest absolute Gasteiger partial charge is 0.496 e. The molecule has 1 aromatic heterocycles. The fourth-order valence-electron chi connectivity index (χ4n) is 2.25. The van der Waals surface area contributed by atoms with Crippen LogP contribution in [0, 0.1) is 25.2 Å². The van der Waals surface area contributed by atoms with Crippen molar-refractivity contribution in [3.63, 3.8) is 0 Å². The number of hydrogen-bond donors (Lipinski definition) is 0. The standard InChI is InChI=1S/C17H15F3N2OS/c1-10-4-5-15(23-3)12(6-10)9-24-16-13(8-21)14(17(18,19)20)7-11(2)22-16/h4-7H,9H2,1-3H3. The van der Waals surface area contributed by atoms with Crippen LogP contribution in [0.25, 0.3) is 0 Å². The van der Waals surface area contributed by atoms with Gasteiger partial charge < -0.3 is 4.74 Å². The van der Waals surface area contributed by atoms with Crippen molar-refractivity contribution in [1.29, 1.82) is 5.26 Å². The molecule has 0 saturated carbocycles. The first-order chi connectivity index (χ1) is 11.3. The molecule has 0 radical (unpaired) electrons. The molecule has 0 N–H and O–H groups in total. The van der Waals surface area contributed by atoms with Crippen LogP contribution in [0.5, 0.6) is 5.75 Å². The summed E-state index contributed by atoms with van der Waals surface area (Å²) in [5.74, 6) is 1.00. The molecule has 2 rings (SSSR count). The predicted molar refractivity (Wildman–Crippen MR) is 86.0 cm³/mol. The normalized spacial score (nSPS) is 11.2. The first-order valence-electron chi connectivity index (χ1n) is 7.01. The second kappa shape index (κ2) is 7.14. The third-order valence-electron chi connectivity index (χ3n) is 3.33. The highest BCUT2D eigenvalue weighted by atomic mass is 32.2. The molecule has 1 aromatic carbocycles. The van der Waals surface area contributed by atoms with Crippen LogP contribution < -0.4 is 4.74 Å². The van der Waals surface area contributed by atoms with Crippen LogP contribution in [0.2, 0.25) is 0 Å². The zero-order valence-corrected chi connectivity index (χ0v) is 14.2.